The molecule has 8 heteroatoms. The van der Waals surface area contributed by atoms with E-state index in [4.69, 9.17) is 15.0 Å². The standard InChI is InChI=1S/C18H25N5O3/c1-13(25-2)17-20-16(26-21-17)12-22-7-4-8-23(10-9-22)18(24)14-5-3-6-15(19)11-14/h3,5-6,11,13H,4,7-10,12,19H2,1-2H3. The Morgan fingerprint density at radius 1 is 1.35 bits per heavy atom. The van der Waals surface area contributed by atoms with E-state index in [9.17, 15) is 4.79 Å². The molecule has 26 heavy (non-hydrogen) atoms. The molecular formula is C18H25N5O3. The van der Waals surface area contributed by atoms with E-state index in [2.05, 4.69) is 15.0 Å². The largest absolute Gasteiger partial charge is 0.399 e. The van der Waals surface area contributed by atoms with Gasteiger partial charge in [0.05, 0.1) is 6.54 Å². The fraction of sp³-hybridized carbons (Fsp3) is 0.500. The lowest BCUT2D eigenvalue weighted by Gasteiger charge is -2.21. The molecule has 0 aliphatic carbocycles. The molecule has 1 aromatic heterocycles. The van der Waals surface area contributed by atoms with Crippen molar-refractivity contribution in [2.75, 3.05) is 39.0 Å². The number of rotatable bonds is 5. The maximum atomic E-state index is 12.7. The lowest BCUT2D eigenvalue weighted by Crippen LogP contribution is -2.35. The molecule has 2 N–H and O–H groups in total. The van der Waals surface area contributed by atoms with Crippen molar-refractivity contribution in [3.05, 3.63) is 41.5 Å². The van der Waals surface area contributed by atoms with Crippen LogP contribution < -0.4 is 5.73 Å². The number of methoxy groups -OCH3 is 1. The van der Waals surface area contributed by atoms with Crippen molar-refractivity contribution in [2.24, 2.45) is 0 Å². The molecule has 1 aliphatic heterocycles. The smallest absolute Gasteiger partial charge is 0.253 e. The fourth-order valence-electron chi connectivity index (χ4n) is 2.98. The van der Waals surface area contributed by atoms with Gasteiger partial charge in [-0.25, -0.2) is 0 Å². The summed E-state index contributed by atoms with van der Waals surface area (Å²) < 4.78 is 10.5. The highest BCUT2D eigenvalue weighted by Gasteiger charge is 2.22. The van der Waals surface area contributed by atoms with E-state index in [0.717, 1.165) is 26.1 Å². The average molecular weight is 359 g/mol. The van der Waals surface area contributed by atoms with Crippen LogP contribution in [0, 0.1) is 0 Å². The quantitative estimate of drug-likeness (QED) is 0.812. The number of amides is 1. The van der Waals surface area contributed by atoms with Crippen LogP contribution in [-0.2, 0) is 11.3 Å². The predicted octanol–water partition coefficient (Wildman–Crippen LogP) is 1.71. The van der Waals surface area contributed by atoms with Crippen LogP contribution in [0.2, 0.25) is 0 Å². The summed E-state index contributed by atoms with van der Waals surface area (Å²) in [4.78, 5) is 21.2. The van der Waals surface area contributed by atoms with E-state index in [1.807, 2.05) is 11.8 Å². The Kier molecular flexibility index (Phi) is 5.85. The van der Waals surface area contributed by atoms with Gasteiger partial charge in [0.1, 0.15) is 6.10 Å². The van der Waals surface area contributed by atoms with Crippen LogP contribution in [0.1, 0.15) is 41.5 Å². The van der Waals surface area contributed by atoms with Gasteiger partial charge in [-0.3, -0.25) is 9.69 Å². The van der Waals surface area contributed by atoms with Crippen LogP contribution in [0.25, 0.3) is 0 Å². The Hall–Kier alpha value is -2.45. The van der Waals surface area contributed by atoms with E-state index in [0.29, 0.717) is 36.1 Å². The van der Waals surface area contributed by atoms with Crippen LogP contribution in [0.5, 0.6) is 0 Å². The van der Waals surface area contributed by atoms with Gasteiger partial charge in [-0.1, -0.05) is 11.2 Å². The highest BCUT2D eigenvalue weighted by molar-refractivity contribution is 5.95. The maximum Gasteiger partial charge on any atom is 0.253 e. The number of nitrogens with two attached hydrogens (primary N) is 1. The molecule has 2 aromatic rings. The van der Waals surface area contributed by atoms with E-state index >= 15 is 0 Å². The first kappa shape index (κ1) is 18.3. The number of hydrogen-bond acceptors (Lipinski definition) is 7. The lowest BCUT2D eigenvalue weighted by molar-refractivity contribution is 0.0760. The van der Waals surface area contributed by atoms with Crippen molar-refractivity contribution in [1.29, 1.82) is 0 Å². The Bertz CT molecular complexity index is 748. The maximum absolute atomic E-state index is 12.7. The minimum atomic E-state index is -0.192. The molecule has 3 rings (SSSR count). The SMILES string of the molecule is COC(C)c1noc(CN2CCCN(C(=O)c3cccc(N)c3)CC2)n1. The molecule has 1 saturated heterocycles. The Balaban J connectivity index is 1.58. The minimum absolute atomic E-state index is 0.0214. The molecule has 1 amide bonds. The average Bonchev–Trinajstić information content (AvgIpc) is 2.98. The second-order valence-corrected chi connectivity index (χ2v) is 6.47. The number of benzene rings is 1. The zero-order valence-corrected chi connectivity index (χ0v) is 15.2. The van der Waals surface area contributed by atoms with Gasteiger partial charge in [-0.05, 0) is 31.5 Å². The number of aromatic nitrogens is 2. The normalized spacial score (nSPS) is 17.1. The first-order valence-corrected chi connectivity index (χ1v) is 8.79. The van der Waals surface area contributed by atoms with E-state index < -0.39 is 0 Å². The number of nitrogens with zero attached hydrogens (tertiary/aromatic N) is 4. The highest BCUT2D eigenvalue weighted by atomic mass is 16.5. The monoisotopic (exact) mass is 359 g/mol. The minimum Gasteiger partial charge on any atom is -0.399 e. The summed E-state index contributed by atoms with van der Waals surface area (Å²) in [7, 11) is 1.61. The Labute approximate surface area is 152 Å². The van der Waals surface area contributed by atoms with Gasteiger partial charge in [0.25, 0.3) is 5.91 Å². The van der Waals surface area contributed by atoms with Gasteiger partial charge in [-0.15, -0.1) is 0 Å². The fourth-order valence-corrected chi connectivity index (χ4v) is 2.98. The first-order chi connectivity index (χ1) is 12.6. The van der Waals surface area contributed by atoms with Gasteiger partial charge < -0.3 is 19.9 Å². The van der Waals surface area contributed by atoms with Gasteiger partial charge in [-0.2, -0.15) is 4.98 Å². The van der Waals surface area contributed by atoms with Gasteiger partial charge in [0.15, 0.2) is 5.82 Å². The van der Waals surface area contributed by atoms with E-state index in [-0.39, 0.29) is 12.0 Å². The number of ether oxygens (including phenoxy) is 1. The molecule has 0 saturated carbocycles. The summed E-state index contributed by atoms with van der Waals surface area (Å²) in [5.41, 5.74) is 7.02. The second-order valence-electron chi connectivity index (χ2n) is 6.47. The molecule has 1 aromatic carbocycles. The zero-order chi connectivity index (χ0) is 18.5. The van der Waals surface area contributed by atoms with Gasteiger partial charge in [0, 0.05) is 44.5 Å². The molecule has 1 unspecified atom stereocenters. The summed E-state index contributed by atoms with van der Waals surface area (Å²) in [6.07, 6.45) is 0.701. The Morgan fingerprint density at radius 2 is 2.19 bits per heavy atom. The van der Waals surface area contributed by atoms with Crippen molar-refractivity contribution in [1.82, 2.24) is 19.9 Å². The predicted molar refractivity (Wildman–Crippen MR) is 96.4 cm³/mol. The number of hydrogen-bond donors (Lipinski definition) is 1. The molecule has 0 spiro atoms. The molecule has 0 radical (unpaired) electrons. The third-order valence-corrected chi connectivity index (χ3v) is 4.57. The lowest BCUT2D eigenvalue weighted by atomic mass is 10.1. The molecule has 8 nitrogen and oxygen atoms in total. The second kappa shape index (κ2) is 8.29. The summed E-state index contributed by atoms with van der Waals surface area (Å²) in [6, 6.07) is 7.12. The van der Waals surface area contributed by atoms with Crippen molar-refractivity contribution < 1.29 is 14.1 Å². The molecule has 0 bridgehead atoms. The zero-order valence-electron chi connectivity index (χ0n) is 15.2. The van der Waals surface area contributed by atoms with Crippen LogP contribution in [0.4, 0.5) is 5.69 Å². The molecule has 1 aliphatic rings. The van der Waals surface area contributed by atoms with Gasteiger partial charge >= 0.3 is 0 Å². The van der Waals surface area contributed by atoms with Crippen LogP contribution in [0.3, 0.4) is 0 Å². The summed E-state index contributed by atoms with van der Waals surface area (Å²) in [6.45, 7) is 5.46. The molecule has 1 atom stereocenters. The first-order valence-electron chi connectivity index (χ1n) is 8.79. The third-order valence-electron chi connectivity index (χ3n) is 4.57. The molecular weight excluding hydrogens is 334 g/mol. The van der Waals surface area contributed by atoms with Crippen molar-refractivity contribution in [3.63, 3.8) is 0 Å². The van der Waals surface area contributed by atoms with Crippen LogP contribution in [0.15, 0.2) is 28.8 Å². The number of carbonyl (C=O) groups is 1. The van der Waals surface area contributed by atoms with Crippen molar-refractivity contribution >= 4 is 11.6 Å². The Morgan fingerprint density at radius 3 is 2.96 bits per heavy atom. The third kappa shape index (κ3) is 4.39. The molecule has 2 heterocycles. The number of anilines is 1. The van der Waals surface area contributed by atoms with Gasteiger partial charge in [0.2, 0.25) is 5.89 Å². The van der Waals surface area contributed by atoms with Crippen molar-refractivity contribution in [2.45, 2.75) is 26.0 Å². The molecule has 140 valence electrons. The summed E-state index contributed by atoms with van der Waals surface area (Å²) in [5, 5.41) is 3.95. The van der Waals surface area contributed by atoms with E-state index in [1.165, 1.54) is 0 Å². The van der Waals surface area contributed by atoms with Crippen LogP contribution >= 0.6 is 0 Å². The highest BCUT2D eigenvalue weighted by Crippen LogP contribution is 2.15. The van der Waals surface area contributed by atoms with Crippen LogP contribution in [-0.4, -0.2) is 59.1 Å². The van der Waals surface area contributed by atoms with Crippen molar-refractivity contribution in [3.8, 4) is 0 Å². The summed E-state index contributed by atoms with van der Waals surface area (Å²) >= 11 is 0. The van der Waals surface area contributed by atoms with E-state index in [1.54, 1.807) is 31.4 Å². The number of carbonyl (C=O) groups excluding carboxylic acids is 1. The summed E-state index contributed by atoms with van der Waals surface area (Å²) in [5.74, 6) is 1.14. The topological polar surface area (TPSA) is 97.7 Å². The molecule has 1 fully saturated rings. The number of nitrogen functional groups attached to an aromatic ring is 1.